The van der Waals surface area contributed by atoms with Gasteiger partial charge in [0, 0.05) is 16.2 Å². The number of hydrogen-bond donors (Lipinski definition) is 1. The SMILES string of the molecule is CC1(C)[C@H](C(=O)O)[C@H]1c1cc(Cl)cs1. The van der Waals surface area contributed by atoms with Gasteiger partial charge in [0.25, 0.3) is 0 Å². The second-order valence-electron chi connectivity index (χ2n) is 4.28. The van der Waals surface area contributed by atoms with Gasteiger partial charge in [0.05, 0.1) is 10.9 Å². The Morgan fingerprint density at radius 2 is 2.29 bits per heavy atom. The third-order valence-corrected chi connectivity index (χ3v) is 4.35. The van der Waals surface area contributed by atoms with Crippen molar-refractivity contribution in [3.63, 3.8) is 0 Å². The van der Waals surface area contributed by atoms with E-state index in [-0.39, 0.29) is 17.3 Å². The van der Waals surface area contributed by atoms with E-state index in [0.29, 0.717) is 5.02 Å². The van der Waals surface area contributed by atoms with Crippen LogP contribution in [0, 0.1) is 11.3 Å². The summed E-state index contributed by atoms with van der Waals surface area (Å²) in [6, 6.07) is 1.88. The van der Waals surface area contributed by atoms with Crippen LogP contribution in [0.4, 0.5) is 0 Å². The molecule has 2 atom stereocenters. The maximum Gasteiger partial charge on any atom is 0.307 e. The maximum absolute atomic E-state index is 10.9. The predicted octanol–water partition coefficient (Wildman–Crippen LogP) is 3.23. The fraction of sp³-hybridized carbons (Fsp3) is 0.500. The average molecular weight is 231 g/mol. The highest BCUT2D eigenvalue weighted by molar-refractivity contribution is 7.10. The summed E-state index contributed by atoms with van der Waals surface area (Å²) < 4.78 is 0. The van der Waals surface area contributed by atoms with Gasteiger partial charge in [-0.1, -0.05) is 25.4 Å². The Kier molecular flexibility index (Phi) is 2.12. The second kappa shape index (κ2) is 2.97. The van der Waals surface area contributed by atoms with E-state index in [4.69, 9.17) is 16.7 Å². The van der Waals surface area contributed by atoms with Crippen molar-refractivity contribution in [2.24, 2.45) is 11.3 Å². The summed E-state index contributed by atoms with van der Waals surface area (Å²) in [7, 11) is 0. The largest absolute Gasteiger partial charge is 0.481 e. The van der Waals surface area contributed by atoms with Crippen LogP contribution in [0.15, 0.2) is 11.4 Å². The van der Waals surface area contributed by atoms with E-state index in [9.17, 15) is 4.79 Å². The Labute approximate surface area is 91.5 Å². The minimum Gasteiger partial charge on any atom is -0.481 e. The molecule has 14 heavy (non-hydrogen) atoms. The molecular weight excluding hydrogens is 220 g/mol. The molecule has 1 aromatic rings. The molecule has 0 spiro atoms. The molecule has 0 saturated heterocycles. The minimum atomic E-state index is -0.704. The van der Waals surface area contributed by atoms with Crippen molar-refractivity contribution < 1.29 is 9.90 Å². The van der Waals surface area contributed by atoms with E-state index in [0.717, 1.165) is 4.88 Å². The molecule has 2 nitrogen and oxygen atoms in total. The topological polar surface area (TPSA) is 37.3 Å². The van der Waals surface area contributed by atoms with Gasteiger partial charge in [-0.15, -0.1) is 11.3 Å². The molecule has 76 valence electrons. The molecule has 1 heterocycles. The molecule has 1 aromatic heterocycles. The lowest BCUT2D eigenvalue weighted by Crippen LogP contribution is -2.02. The third-order valence-electron chi connectivity index (χ3n) is 2.99. The molecule has 0 radical (unpaired) electrons. The number of aliphatic carboxylic acids is 1. The molecule has 0 bridgehead atoms. The molecule has 4 heteroatoms. The molecule has 0 aromatic carbocycles. The van der Waals surface area contributed by atoms with Gasteiger partial charge in [0.1, 0.15) is 0 Å². The molecule has 0 aliphatic heterocycles. The lowest BCUT2D eigenvalue weighted by atomic mass is 10.1. The zero-order chi connectivity index (χ0) is 10.5. The van der Waals surface area contributed by atoms with E-state index in [2.05, 4.69) is 0 Å². The van der Waals surface area contributed by atoms with Crippen molar-refractivity contribution in [2.45, 2.75) is 19.8 Å². The van der Waals surface area contributed by atoms with Crippen LogP contribution in [0.1, 0.15) is 24.6 Å². The molecule has 2 rings (SSSR count). The number of hydrogen-bond acceptors (Lipinski definition) is 2. The Bertz CT molecular complexity index is 383. The summed E-state index contributed by atoms with van der Waals surface area (Å²) >= 11 is 7.36. The number of carbonyl (C=O) groups is 1. The monoisotopic (exact) mass is 230 g/mol. The van der Waals surface area contributed by atoms with Crippen LogP contribution in [0.3, 0.4) is 0 Å². The van der Waals surface area contributed by atoms with Gasteiger partial charge in [0.15, 0.2) is 0 Å². The van der Waals surface area contributed by atoms with Crippen molar-refractivity contribution in [3.05, 3.63) is 21.3 Å². The summed E-state index contributed by atoms with van der Waals surface area (Å²) in [5.41, 5.74) is -0.125. The van der Waals surface area contributed by atoms with Crippen molar-refractivity contribution in [2.75, 3.05) is 0 Å². The van der Waals surface area contributed by atoms with Crippen LogP contribution >= 0.6 is 22.9 Å². The zero-order valence-electron chi connectivity index (χ0n) is 7.95. The van der Waals surface area contributed by atoms with E-state index in [1.807, 2.05) is 25.3 Å². The van der Waals surface area contributed by atoms with Gasteiger partial charge in [-0.3, -0.25) is 4.79 Å². The van der Waals surface area contributed by atoms with E-state index in [1.165, 1.54) is 0 Å². The highest BCUT2D eigenvalue weighted by atomic mass is 35.5. The molecule has 1 aliphatic carbocycles. The van der Waals surface area contributed by atoms with E-state index < -0.39 is 5.97 Å². The van der Waals surface area contributed by atoms with Crippen LogP contribution in [-0.2, 0) is 4.79 Å². The minimum absolute atomic E-state index is 0.125. The second-order valence-corrected chi connectivity index (χ2v) is 5.66. The van der Waals surface area contributed by atoms with Crippen molar-refractivity contribution in [1.29, 1.82) is 0 Å². The Hall–Kier alpha value is -0.540. The smallest absolute Gasteiger partial charge is 0.307 e. The van der Waals surface area contributed by atoms with Gasteiger partial charge < -0.3 is 5.11 Å². The number of thiophene rings is 1. The number of carboxylic acids is 1. The van der Waals surface area contributed by atoms with E-state index >= 15 is 0 Å². The van der Waals surface area contributed by atoms with Gasteiger partial charge in [0.2, 0.25) is 0 Å². The lowest BCUT2D eigenvalue weighted by Gasteiger charge is -1.97. The summed E-state index contributed by atoms with van der Waals surface area (Å²) in [5, 5.41) is 11.6. The van der Waals surface area contributed by atoms with Crippen molar-refractivity contribution >= 4 is 28.9 Å². The zero-order valence-corrected chi connectivity index (χ0v) is 9.52. The maximum atomic E-state index is 10.9. The van der Waals surface area contributed by atoms with Gasteiger partial charge in [-0.05, 0) is 11.5 Å². The normalized spacial score (nSPS) is 28.8. The summed E-state index contributed by atoms with van der Waals surface area (Å²) in [5.74, 6) is -0.820. The summed E-state index contributed by atoms with van der Waals surface area (Å²) in [4.78, 5) is 12.0. The average Bonchev–Trinajstić information content (AvgIpc) is 2.42. The highest BCUT2D eigenvalue weighted by Gasteiger charge is 2.63. The fourth-order valence-corrected chi connectivity index (χ4v) is 3.54. The first-order chi connectivity index (χ1) is 6.44. The Balaban J connectivity index is 2.27. The molecule has 0 unspecified atom stereocenters. The van der Waals surface area contributed by atoms with Crippen LogP contribution < -0.4 is 0 Å². The quantitative estimate of drug-likeness (QED) is 0.847. The van der Waals surface area contributed by atoms with Crippen LogP contribution in [0.5, 0.6) is 0 Å². The first-order valence-electron chi connectivity index (χ1n) is 4.41. The van der Waals surface area contributed by atoms with E-state index in [1.54, 1.807) is 11.3 Å². The van der Waals surface area contributed by atoms with Crippen molar-refractivity contribution in [3.8, 4) is 0 Å². The van der Waals surface area contributed by atoms with Crippen LogP contribution in [0.2, 0.25) is 5.02 Å². The standard InChI is InChI=1S/C10H11ClO2S/c1-10(2)7(8(10)9(12)13)6-3-5(11)4-14-6/h3-4,7-8H,1-2H3,(H,12,13)/t7-,8+/m1/s1. The fourth-order valence-electron chi connectivity index (χ4n) is 2.12. The molecule has 1 saturated carbocycles. The first-order valence-corrected chi connectivity index (χ1v) is 5.67. The molecule has 1 N–H and O–H groups in total. The number of halogens is 1. The summed E-state index contributed by atoms with van der Waals surface area (Å²) in [6.45, 7) is 3.98. The van der Waals surface area contributed by atoms with Gasteiger partial charge in [-0.25, -0.2) is 0 Å². The number of rotatable bonds is 2. The Morgan fingerprint density at radius 1 is 1.64 bits per heavy atom. The summed E-state index contributed by atoms with van der Waals surface area (Å²) in [6.07, 6.45) is 0. The molecular formula is C10H11ClO2S. The Morgan fingerprint density at radius 3 is 2.64 bits per heavy atom. The van der Waals surface area contributed by atoms with Gasteiger partial charge in [-0.2, -0.15) is 0 Å². The number of carboxylic acid groups (broad SMARTS) is 1. The highest BCUT2D eigenvalue weighted by Crippen LogP contribution is 2.65. The molecule has 0 amide bonds. The van der Waals surface area contributed by atoms with Crippen molar-refractivity contribution in [1.82, 2.24) is 0 Å². The van der Waals surface area contributed by atoms with Crippen LogP contribution in [0.25, 0.3) is 0 Å². The lowest BCUT2D eigenvalue weighted by molar-refractivity contribution is -0.139. The molecule has 1 aliphatic rings. The predicted molar refractivity (Wildman–Crippen MR) is 57.0 cm³/mol. The third kappa shape index (κ3) is 1.35. The van der Waals surface area contributed by atoms with Crippen LogP contribution in [-0.4, -0.2) is 11.1 Å². The molecule has 1 fully saturated rings. The first kappa shape index (κ1) is 9.99. The van der Waals surface area contributed by atoms with Gasteiger partial charge >= 0.3 is 5.97 Å².